The van der Waals surface area contributed by atoms with Gasteiger partial charge in [-0.2, -0.15) is 0 Å². The molecule has 1 N–H and O–H groups in total. The van der Waals surface area contributed by atoms with E-state index in [2.05, 4.69) is 4.98 Å². The second kappa shape index (κ2) is 5.46. The van der Waals surface area contributed by atoms with E-state index in [1.165, 1.54) is 11.3 Å². The third kappa shape index (κ3) is 2.95. The lowest BCUT2D eigenvalue weighted by Crippen LogP contribution is -2.38. The molecule has 0 bridgehead atoms. The van der Waals surface area contributed by atoms with Crippen LogP contribution in [0.15, 0.2) is 5.38 Å². The average molecular weight is 256 g/mol. The molecule has 1 aromatic rings. The molecule has 94 valence electrons. The molecule has 5 nitrogen and oxygen atoms in total. The Morgan fingerprint density at radius 2 is 2.59 bits per heavy atom. The highest BCUT2D eigenvalue weighted by Gasteiger charge is 2.21. The summed E-state index contributed by atoms with van der Waals surface area (Å²) >= 11 is 1.42. The number of carbonyl (C=O) groups is 1. The van der Waals surface area contributed by atoms with Gasteiger partial charge in [0.2, 0.25) is 0 Å². The van der Waals surface area contributed by atoms with Gasteiger partial charge in [-0.3, -0.25) is 0 Å². The Labute approximate surface area is 104 Å². The van der Waals surface area contributed by atoms with Gasteiger partial charge in [0.25, 0.3) is 0 Å². The molecule has 6 heteroatoms. The Kier molecular flexibility index (Phi) is 3.96. The van der Waals surface area contributed by atoms with E-state index < -0.39 is 0 Å². The predicted molar refractivity (Wildman–Crippen MR) is 65.5 cm³/mol. The highest BCUT2D eigenvalue weighted by atomic mass is 32.1. The van der Waals surface area contributed by atoms with E-state index in [0.29, 0.717) is 18.8 Å². The summed E-state index contributed by atoms with van der Waals surface area (Å²) in [5.41, 5.74) is 0.354. The summed E-state index contributed by atoms with van der Waals surface area (Å²) in [4.78, 5) is 17.7. The lowest BCUT2D eigenvalue weighted by molar-refractivity contribution is 0.0520. The topological polar surface area (TPSA) is 62.7 Å². The van der Waals surface area contributed by atoms with Crippen LogP contribution >= 0.6 is 11.3 Å². The molecule has 1 aliphatic rings. The van der Waals surface area contributed by atoms with Gasteiger partial charge in [0, 0.05) is 18.5 Å². The molecule has 1 atom stereocenters. The number of aromatic nitrogens is 1. The third-order valence-corrected chi connectivity index (χ3v) is 3.55. The number of rotatable bonds is 3. The van der Waals surface area contributed by atoms with Gasteiger partial charge >= 0.3 is 5.97 Å². The Balaban J connectivity index is 2.04. The first-order valence-corrected chi connectivity index (χ1v) is 6.64. The number of esters is 1. The van der Waals surface area contributed by atoms with Crippen molar-refractivity contribution >= 4 is 22.4 Å². The highest BCUT2D eigenvalue weighted by Crippen LogP contribution is 2.24. The first-order chi connectivity index (χ1) is 8.20. The molecule has 1 aliphatic heterocycles. The van der Waals surface area contributed by atoms with E-state index >= 15 is 0 Å². The van der Waals surface area contributed by atoms with Crippen molar-refractivity contribution in [2.24, 2.45) is 0 Å². The van der Waals surface area contributed by atoms with Gasteiger partial charge in [-0.1, -0.05) is 0 Å². The van der Waals surface area contributed by atoms with Crippen molar-refractivity contribution in [3.63, 3.8) is 0 Å². The van der Waals surface area contributed by atoms with E-state index in [0.717, 1.165) is 24.5 Å². The maximum absolute atomic E-state index is 11.5. The van der Waals surface area contributed by atoms with E-state index in [9.17, 15) is 9.90 Å². The number of hydrogen-bond donors (Lipinski definition) is 1. The van der Waals surface area contributed by atoms with Crippen LogP contribution in [0.1, 0.15) is 30.3 Å². The van der Waals surface area contributed by atoms with Crippen LogP contribution in [0.3, 0.4) is 0 Å². The molecule has 0 radical (unpaired) electrons. The van der Waals surface area contributed by atoms with Crippen molar-refractivity contribution in [3.05, 3.63) is 11.1 Å². The predicted octanol–water partition coefficient (Wildman–Crippen LogP) is 1.28. The zero-order valence-electron chi connectivity index (χ0n) is 9.76. The molecule has 1 aromatic heterocycles. The monoisotopic (exact) mass is 256 g/mol. The summed E-state index contributed by atoms with van der Waals surface area (Å²) < 4.78 is 4.89. The molecule has 2 heterocycles. The number of aliphatic hydroxyl groups is 1. The van der Waals surface area contributed by atoms with Crippen molar-refractivity contribution in [1.82, 2.24) is 4.98 Å². The highest BCUT2D eigenvalue weighted by molar-refractivity contribution is 7.13. The maximum atomic E-state index is 11.5. The van der Waals surface area contributed by atoms with Crippen molar-refractivity contribution < 1.29 is 14.6 Å². The van der Waals surface area contributed by atoms with Gasteiger partial charge in [-0.15, -0.1) is 11.3 Å². The molecule has 1 saturated heterocycles. The summed E-state index contributed by atoms with van der Waals surface area (Å²) in [6.07, 6.45) is 1.50. The van der Waals surface area contributed by atoms with Gasteiger partial charge < -0.3 is 14.7 Å². The van der Waals surface area contributed by atoms with Crippen molar-refractivity contribution in [2.75, 3.05) is 24.6 Å². The number of carbonyl (C=O) groups excluding carboxylic acids is 1. The van der Waals surface area contributed by atoms with Crippen LogP contribution in [0, 0.1) is 0 Å². The average Bonchev–Trinajstić information content (AvgIpc) is 2.78. The second-order valence-electron chi connectivity index (χ2n) is 3.98. The summed E-state index contributed by atoms with van der Waals surface area (Å²) in [6, 6.07) is 0. The zero-order valence-corrected chi connectivity index (χ0v) is 10.6. The molecular formula is C11H16N2O3S. The summed E-state index contributed by atoms with van der Waals surface area (Å²) in [5.74, 6) is -0.382. The van der Waals surface area contributed by atoms with Crippen molar-refractivity contribution in [2.45, 2.75) is 25.9 Å². The van der Waals surface area contributed by atoms with Crippen LogP contribution in [-0.4, -0.2) is 41.9 Å². The largest absolute Gasteiger partial charge is 0.461 e. The number of hydrogen-bond acceptors (Lipinski definition) is 6. The van der Waals surface area contributed by atoms with E-state index in [4.69, 9.17) is 4.74 Å². The molecule has 0 aliphatic carbocycles. The number of piperidine rings is 1. The number of thiazole rings is 1. The summed E-state index contributed by atoms with van der Waals surface area (Å²) in [5, 5.41) is 12.1. The van der Waals surface area contributed by atoms with Gasteiger partial charge in [-0.05, 0) is 19.8 Å². The molecule has 1 fully saturated rings. The molecule has 0 unspecified atom stereocenters. The van der Waals surface area contributed by atoms with E-state index in [-0.39, 0.29) is 12.1 Å². The second-order valence-corrected chi connectivity index (χ2v) is 4.81. The van der Waals surface area contributed by atoms with Crippen molar-refractivity contribution in [3.8, 4) is 0 Å². The van der Waals surface area contributed by atoms with Crippen LogP contribution < -0.4 is 4.90 Å². The lowest BCUT2D eigenvalue weighted by atomic mass is 10.1. The molecule has 2 rings (SSSR count). The quantitative estimate of drug-likeness (QED) is 0.825. The summed E-state index contributed by atoms with van der Waals surface area (Å²) in [7, 11) is 0. The minimum absolute atomic E-state index is 0.293. The van der Waals surface area contributed by atoms with Gasteiger partial charge in [0.1, 0.15) is 0 Å². The van der Waals surface area contributed by atoms with Crippen LogP contribution in [0.4, 0.5) is 5.13 Å². The SMILES string of the molecule is CCOC(=O)c1csc(N2CCC[C@@H](O)C2)n1. The number of aliphatic hydroxyl groups excluding tert-OH is 1. The summed E-state index contributed by atoms with van der Waals surface area (Å²) in [6.45, 7) is 3.60. The van der Waals surface area contributed by atoms with Gasteiger partial charge in [0.15, 0.2) is 10.8 Å². The number of β-amino-alcohol motifs (C(OH)–C–C–N with tert-alkyl or cyclic N) is 1. The molecule has 0 aromatic carbocycles. The molecular weight excluding hydrogens is 240 g/mol. The third-order valence-electron chi connectivity index (χ3n) is 2.64. The van der Waals surface area contributed by atoms with Gasteiger partial charge in [0.05, 0.1) is 12.7 Å². The van der Waals surface area contributed by atoms with Gasteiger partial charge in [-0.25, -0.2) is 9.78 Å². The first kappa shape index (κ1) is 12.3. The lowest BCUT2D eigenvalue weighted by Gasteiger charge is -2.29. The van der Waals surface area contributed by atoms with Crippen LogP contribution in [0.25, 0.3) is 0 Å². The zero-order chi connectivity index (χ0) is 12.3. The van der Waals surface area contributed by atoms with E-state index in [1.807, 2.05) is 4.90 Å². The maximum Gasteiger partial charge on any atom is 0.357 e. The standard InChI is InChI=1S/C11H16N2O3S/c1-2-16-10(15)9-7-17-11(12-9)13-5-3-4-8(14)6-13/h7-8,14H,2-6H2,1H3/t8-/m1/s1. The smallest absolute Gasteiger partial charge is 0.357 e. The Hall–Kier alpha value is -1.14. The minimum Gasteiger partial charge on any atom is -0.461 e. The minimum atomic E-state index is -0.382. The van der Waals surface area contributed by atoms with Crippen LogP contribution in [0.2, 0.25) is 0 Å². The fourth-order valence-electron chi connectivity index (χ4n) is 1.84. The molecule has 0 spiro atoms. The fourth-order valence-corrected chi connectivity index (χ4v) is 2.67. The number of nitrogens with zero attached hydrogens (tertiary/aromatic N) is 2. The van der Waals surface area contributed by atoms with E-state index in [1.54, 1.807) is 12.3 Å². The number of ether oxygens (including phenoxy) is 1. The Bertz CT molecular complexity index is 394. The normalized spacial score (nSPS) is 20.4. The Morgan fingerprint density at radius 1 is 1.76 bits per heavy atom. The van der Waals surface area contributed by atoms with Crippen molar-refractivity contribution in [1.29, 1.82) is 0 Å². The molecule has 0 saturated carbocycles. The van der Waals surface area contributed by atoms with Crippen LogP contribution in [0.5, 0.6) is 0 Å². The molecule has 0 amide bonds. The number of anilines is 1. The Morgan fingerprint density at radius 3 is 3.29 bits per heavy atom. The van der Waals surface area contributed by atoms with Crippen LogP contribution in [-0.2, 0) is 4.74 Å². The fraction of sp³-hybridized carbons (Fsp3) is 0.636. The first-order valence-electron chi connectivity index (χ1n) is 5.76. The molecule has 17 heavy (non-hydrogen) atoms.